The Morgan fingerprint density at radius 1 is 1.50 bits per heavy atom. The summed E-state index contributed by atoms with van der Waals surface area (Å²) in [7, 11) is 1.49. The fraction of sp³-hybridized carbons (Fsp3) is 0.222. The highest BCUT2D eigenvalue weighted by atomic mass is 16.5. The van der Waals surface area contributed by atoms with Gasteiger partial charge in [0.15, 0.2) is 0 Å². The van der Waals surface area contributed by atoms with Crippen LogP contribution in [0.3, 0.4) is 0 Å². The van der Waals surface area contributed by atoms with Gasteiger partial charge in [-0.1, -0.05) is 0 Å². The predicted molar refractivity (Wildman–Crippen MR) is 51.4 cm³/mol. The van der Waals surface area contributed by atoms with Crippen molar-refractivity contribution in [2.75, 3.05) is 7.11 Å². The Balaban J connectivity index is 2.84. The molecule has 0 aliphatic rings. The van der Waals surface area contributed by atoms with Crippen LogP contribution in [0.5, 0.6) is 6.01 Å². The van der Waals surface area contributed by atoms with Gasteiger partial charge in [-0.3, -0.25) is 4.79 Å². The van der Waals surface area contributed by atoms with Crippen LogP contribution < -0.4 is 10.3 Å². The number of methoxy groups -OCH3 is 1. The Bertz CT molecular complexity index is 533. The van der Waals surface area contributed by atoms with Gasteiger partial charge in [-0.15, -0.1) is 0 Å². The zero-order chi connectivity index (χ0) is 10.1. The van der Waals surface area contributed by atoms with Gasteiger partial charge in [0, 0.05) is 23.3 Å². The number of aromatic amines is 1. The molecule has 0 saturated carbocycles. The number of hydrogen-bond acceptors (Lipinski definition) is 4. The van der Waals surface area contributed by atoms with Crippen LogP contribution in [-0.4, -0.2) is 22.1 Å². The Kier molecular flexibility index (Phi) is 1.92. The first-order valence-corrected chi connectivity index (χ1v) is 4.11. The van der Waals surface area contributed by atoms with Crippen molar-refractivity contribution >= 4 is 10.9 Å². The minimum atomic E-state index is -0.141. The average Bonchev–Trinajstić information content (AvgIpc) is 2.23. The second-order valence-electron chi connectivity index (χ2n) is 2.90. The van der Waals surface area contributed by atoms with E-state index in [0.717, 1.165) is 5.39 Å². The van der Waals surface area contributed by atoms with E-state index in [1.807, 2.05) is 0 Å². The molecule has 0 amide bonds. The van der Waals surface area contributed by atoms with E-state index in [2.05, 4.69) is 15.0 Å². The van der Waals surface area contributed by atoms with Gasteiger partial charge in [0.1, 0.15) is 0 Å². The van der Waals surface area contributed by atoms with E-state index in [0.29, 0.717) is 11.1 Å². The zero-order valence-electron chi connectivity index (χ0n) is 7.87. The lowest BCUT2D eigenvalue weighted by Crippen LogP contribution is -2.09. The van der Waals surface area contributed by atoms with E-state index in [4.69, 9.17) is 4.74 Å². The Morgan fingerprint density at radius 2 is 2.29 bits per heavy atom. The summed E-state index contributed by atoms with van der Waals surface area (Å²) in [5, 5.41) is 0.794. The molecule has 5 nitrogen and oxygen atoms in total. The molecule has 0 bridgehead atoms. The molecule has 0 saturated heterocycles. The lowest BCUT2D eigenvalue weighted by molar-refractivity contribution is 0.381. The predicted octanol–water partition coefficient (Wildman–Crippen LogP) is 0.635. The molecule has 5 heteroatoms. The lowest BCUT2D eigenvalue weighted by atomic mass is 10.2. The number of nitrogens with one attached hydrogen (secondary N) is 1. The molecule has 72 valence electrons. The Morgan fingerprint density at radius 3 is 3.00 bits per heavy atom. The molecule has 0 radical (unpaired) electrons. The third-order valence-corrected chi connectivity index (χ3v) is 2.03. The molecule has 2 aromatic heterocycles. The summed E-state index contributed by atoms with van der Waals surface area (Å²) in [5.74, 6) is 0. The fourth-order valence-corrected chi connectivity index (χ4v) is 1.24. The summed E-state index contributed by atoms with van der Waals surface area (Å²) in [6.45, 7) is 1.72. The molecule has 0 aliphatic carbocycles. The quantitative estimate of drug-likeness (QED) is 0.718. The second-order valence-corrected chi connectivity index (χ2v) is 2.90. The van der Waals surface area contributed by atoms with Crippen molar-refractivity contribution in [3.63, 3.8) is 0 Å². The molecule has 0 atom stereocenters. The normalized spacial score (nSPS) is 10.4. The average molecular weight is 191 g/mol. The number of ether oxygens (including phenoxy) is 1. The van der Waals surface area contributed by atoms with Crippen LogP contribution in [0.15, 0.2) is 17.2 Å². The van der Waals surface area contributed by atoms with Gasteiger partial charge in [-0.25, -0.2) is 4.98 Å². The highest BCUT2D eigenvalue weighted by Gasteiger charge is 2.04. The maximum atomic E-state index is 11.3. The molecule has 2 aromatic rings. The molecular weight excluding hydrogens is 182 g/mol. The number of aromatic nitrogens is 3. The third kappa shape index (κ3) is 1.22. The number of H-pyrrole nitrogens is 1. The van der Waals surface area contributed by atoms with Crippen molar-refractivity contribution in [1.82, 2.24) is 15.0 Å². The first-order valence-electron chi connectivity index (χ1n) is 4.11. The van der Waals surface area contributed by atoms with Crippen LogP contribution >= 0.6 is 0 Å². The van der Waals surface area contributed by atoms with Gasteiger partial charge in [0.25, 0.3) is 5.56 Å². The van der Waals surface area contributed by atoms with Crippen LogP contribution in [-0.2, 0) is 0 Å². The van der Waals surface area contributed by atoms with E-state index in [9.17, 15) is 4.79 Å². The summed E-state index contributed by atoms with van der Waals surface area (Å²) >= 11 is 0. The topological polar surface area (TPSA) is 67.9 Å². The molecule has 0 aromatic carbocycles. The van der Waals surface area contributed by atoms with E-state index in [-0.39, 0.29) is 11.6 Å². The van der Waals surface area contributed by atoms with Crippen LogP contribution in [0.1, 0.15) is 5.56 Å². The van der Waals surface area contributed by atoms with Crippen LogP contribution in [0, 0.1) is 6.92 Å². The maximum Gasteiger partial charge on any atom is 0.316 e. The summed E-state index contributed by atoms with van der Waals surface area (Å²) in [4.78, 5) is 21.9. The van der Waals surface area contributed by atoms with Gasteiger partial charge in [-0.05, 0) is 6.92 Å². The summed E-state index contributed by atoms with van der Waals surface area (Å²) < 4.78 is 4.88. The van der Waals surface area contributed by atoms with Crippen molar-refractivity contribution in [1.29, 1.82) is 0 Å². The van der Waals surface area contributed by atoms with Crippen molar-refractivity contribution in [2.45, 2.75) is 6.92 Å². The third-order valence-electron chi connectivity index (χ3n) is 2.03. The summed E-state index contributed by atoms with van der Waals surface area (Å²) in [6, 6.07) is 0.270. The van der Waals surface area contributed by atoms with Crippen molar-refractivity contribution in [3.8, 4) is 6.01 Å². The van der Waals surface area contributed by atoms with Gasteiger partial charge in [-0.2, -0.15) is 4.98 Å². The number of rotatable bonds is 1. The Labute approximate surface area is 79.8 Å². The zero-order valence-corrected chi connectivity index (χ0v) is 7.87. The van der Waals surface area contributed by atoms with Crippen LogP contribution in [0.2, 0.25) is 0 Å². The summed E-state index contributed by atoms with van der Waals surface area (Å²) in [5.41, 5.74) is 1.06. The number of hydrogen-bond donors (Lipinski definition) is 1. The van der Waals surface area contributed by atoms with Gasteiger partial charge in [0.2, 0.25) is 0 Å². The first kappa shape index (κ1) is 8.68. The lowest BCUT2D eigenvalue weighted by Gasteiger charge is -2.01. The standard InChI is InChI=1S/C9H9N3O2/c1-5-7-6(3-10-8(5)13)4-11-9(12-7)14-2/h3-4H,1-2H3,(H,10,13). The molecule has 14 heavy (non-hydrogen) atoms. The maximum absolute atomic E-state index is 11.3. The van der Waals surface area contributed by atoms with Crippen molar-refractivity contribution < 1.29 is 4.74 Å². The smallest absolute Gasteiger partial charge is 0.316 e. The molecule has 1 N–H and O–H groups in total. The highest BCUT2D eigenvalue weighted by Crippen LogP contribution is 2.13. The SMILES string of the molecule is COc1ncc2c[nH]c(=O)c(C)c2n1. The second kappa shape index (κ2) is 3.10. The fourth-order valence-electron chi connectivity index (χ4n) is 1.24. The van der Waals surface area contributed by atoms with E-state index >= 15 is 0 Å². The number of nitrogens with zero attached hydrogens (tertiary/aromatic N) is 2. The largest absolute Gasteiger partial charge is 0.467 e. The molecule has 2 heterocycles. The number of aryl methyl sites for hydroxylation is 1. The first-order chi connectivity index (χ1) is 6.72. The van der Waals surface area contributed by atoms with E-state index in [1.165, 1.54) is 7.11 Å². The van der Waals surface area contributed by atoms with E-state index < -0.39 is 0 Å². The molecule has 2 rings (SSSR count). The number of pyridine rings is 1. The van der Waals surface area contributed by atoms with E-state index in [1.54, 1.807) is 19.3 Å². The molecule has 0 aliphatic heterocycles. The minimum absolute atomic E-state index is 0.141. The number of fused-ring (bicyclic) bond motifs is 1. The minimum Gasteiger partial charge on any atom is -0.467 e. The highest BCUT2D eigenvalue weighted by molar-refractivity contribution is 5.79. The molecular formula is C9H9N3O2. The molecule has 0 unspecified atom stereocenters. The monoisotopic (exact) mass is 191 g/mol. The Hall–Kier alpha value is -1.91. The summed E-state index contributed by atoms with van der Waals surface area (Å²) in [6.07, 6.45) is 3.20. The van der Waals surface area contributed by atoms with Gasteiger partial charge < -0.3 is 9.72 Å². The van der Waals surface area contributed by atoms with Crippen molar-refractivity contribution in [3.05, 3.63) is 28.3 Å². The van der Waals surface area contributed by atoms with Crippen LogP contribution in [0.25, 0.3) is 10.9 Å². The van der Waals surface area contributed by atoms with Crippen LogP contribution in [0.4, 0.5) is 0 Å². The molecule has 0 spiro atoms. The molecule has 0 fully saturated rings. The van der Waals surface area contributed by atoms with Crippen molar-refractivity contribution in [2.24, 2.45) is 0 Å². The van der Waals surface area contributed by atoms with Gasteiger partial charge in [0.05, 0.1) is 12.6 Å². The van der Waals surface area contributed by atoms with Gasteiger partial charge >= 0.3 is 6.01 Å².